The van der Waals surface area contributed by atoms with Gasteiger partial charge in [-0.05, 0) is 70.6 Å². The van der Waals surface area contributed by atoms with Crippen LogP contribution >= 0.6 is 34.4 Å². The van der Waals surface area contributed by atoms with E-state index in [0.29, 0.717) is 6.54 Å². The summed E-state index contributed by atoms with van der Waals surface area (Å²) in [6.07, 6.45) is 2.86. The van der Waals surface area contributed by atoms with Crippen LogP contribution < -0.4 is 0 Å². The number of rotatable bonds is 4. The van der Waals surface area contributed by atoms with Gasteiger partial charge in [0.15, 0.2) is 5.17 Å². The summed E-state index contributed by atoms with van der Waals surface area (Å²) in [5.74, 6) is 0.0381. The number of aliphatic imine (C=N–C) groups is 1. The number of thioether (sulfide) groups is 1. The third kappa shape index (κ3) is 3.89. The smallest absolute Gasteiger partial charge is 0.266 e. The molecule has 0 N–H and O–H groups in total. The number of benzene rings is 2. The molecule has 2 aromatic carbocycles. The van der Waals surface area contributed by atoms with Gasteiger partial charge in [-0.2, -0.15) is 0 Å². The second-order valence-corrected chi connectivity index (χ2v) is 7.49. The first-order valence-corrected chi connectivity index (χ1v) is 9.68. The molecule has 1 heterocycles. The molecule has 122 valence electrons. The molecule has 0 atom stereocenters. The number of carbonyl (C=O) groups is 1. The standard InChI is InChI=1S/C19H17IN2OS/c1-2-12-22-18(23)17(13-14-8-6-7-11-16(14)20)24-19(22)21-15-9-4-3-5-10-15/h3-11,13H,2,12H2,1H3/b17-13-,21-19?. The minimum atomic E-state index is 0.0381. The van der Waals surface area contributed by atoms with Crippen molar-refractivity contribution in [2.75, 3.05) is 6.54 Å². The molecule has 1 aliphatic rings. The van der Waals surface area contributed by atoms with Gasteiger partial charge < -0.3 is 0 Å². The monoisotopic (exact) mass is 448 g/mol. The van der Waals surface area contributed by atoms with Crippen LogP contribution in [0.1, 0.15) is 18.9 Å². The lowest BCUT2D eigenvalue weighted by atomic mass is 10.2. The number of para-hydroxylation sites is 1. The van der Waals surface area contributed by atoms with Crippen LogP contribution in [0, 0.1) is 3.57 Å². The van der Waals surface area contributed by atoms with E-state index >= 15 is 0 Å². The van der Waals surface area contributed by atoms with Crippen molar-refractivity contribution in [1.82, 2.24) is 4.90 Å². The third-order valence-corrected chi connectivity index (χ3v) is 5.50. The molecule has 1 saturated heterocycles. The van der Waals surface area contributed by atoms with Gasteiger partial charge in [0.2, 0.25) is 0 Å². The van der Waals surface area contributed by atoms with Crippen molar-refractivity contribution in [1.29, 1.82) is 0 Å². The van der Waals surface area contributed by atoms with Gasteiger partial charge in [0.05, 0.1) is 10.6 Å². The average Bonchev–Trinajstić information content (AvgIpc) is 2.87. The van der Waals surface area contributed by atoms with Gasteiger partial charge in [0.1, 0.15) is 0 Å². The number of halogens is 1. The number of hydrogen-bond donors (Lipinski definition) is 0. The highest BCUT2D eigenvalue weighted by atomic mass is 127. The van der Waals surface area contributed by atoms with E-state index in [2.05, 4.69) is 34.5 Å². The van der Waals surface area contributed by atoms with Gasteiger partial charge in [0.25, 0.3) is 5.91 Å². The topological polar surface area (TPSA) is 32.7 Å². The quantitative estimate of drug-likeness (QED) is 0.470. The van der Waals surface area contributed by atoms with Crippen LogP contribution in [-0.4, -0.2) is 22.5 Å². The van der Waals surface area contributed by atoms with Crippen molar-refractivity contribution in [3.8, 4) is 0 Å². The van der Waals surface area contributed by atoms with E-state index in [0.717, 1.165) is 31.3 Å². The molecular weight excluding hydrogens is 431 g/mol. The van der Waals surface area contributed by atoms with Gasteiger partial charge in [-0.25, -0.2) is 4.99 Å². The van der Waals surface area contributed by atoms with E-state index in [1.165, 1.54) is 11.8 Å². The molecule has 0 aromatic heterocycles. The summed E-state index contributed by atoms with van der Waals surface area (Å²) in [5.41, 5.74) is 1.93. The van der Waals surface area contributed by atoms with E-state index in [4.69, 9.17) is 0 Å². The van der Waals surface area contributed by atoms with Crippen LogP contribution in [0.5, 0.6) is 0 Å². The Balaban J connectivity index is 1.95. The van der Waals surface area contributed by atoms with E-state index < -0.39 is 0 Å². The summed E-state index contributed by atoms with van der Waals surface area (Å²) in [5, 5.41) is 0.755. The Kier molecular flexibility index (Phi) is 5.73. The summed E-state index contributed by atoms with van der Waals surface area (Å²) in [6.45, 7) is 2.75. The first kappa shape index (κ1) is 17.2. The average molecular weight is 448 g/mol. The Bertz CT molecular complexity index is 802. The molecular formula is C19H17IN2OS. The largest absolute Gasteiger partial charge is 0.286 e. The molecule has 1 aliphatic heterocycles. The van der Waals surface area contributed by atoms with Crippen molar-refractivity contribution in [2.45, 2.75) is 13.3 Å². The van der Waals surface area contributed by atoms with Crippen LogP contribution in [0.2, 0.25) is 0 Å². The fourth-order valence-electron chi connectivity index (χ4n) is 2.36. The molecule has 0 unspecified atom stereocenters. The molecule has 0 radical (unpaired) electrons. The molecule has 0 aliphatic carbocycles. The summed E-state index contributed by atoms with van der Waals surface area (Å²) in [4.78, 5) is 19.9. The van der Waals surface area contributed by atoms with Crippen molar-refractivity contribution < 1.29 is 4.79 Å². The van der Waals surface area contributed by atoms with E-state index in [9.17, 15) is 4.79 Å². The Morgan fingerprint density at radius 3 is 2.54 bits per heavy atom. The zero-order valence-corrected chi connectivity index (χ0v) is 16.3. The van der Waals surface area contributed by atoms with Crippen molar-refractivity contribution in [3.63, 3.8) is 0 Å². The second kappa shape index (κ2) is 7.98. The fourth-order valence-corrected chi connectivity index (χ4v) is 3.92. The molecule has 3 nitrogen and oxygen atoms in total. The number of amidine groups is 1. The summed E-state index contributed by atoms with van der Waals surface area (Å²) < 4.78 is 1.13. The maximum atomic E-state index is 12.8. The first-order chi connectivity index (χ1) is 11.7. The number of carbonyl (C=O) groups excluding carboxylic acids is 1. The van der Waals surface area contributed by atoms with Gasteiger partial charge in [-0.15, -0.1) is 0 Å². The Hall–Kier alpha value is -1.60. The molecule has 0 saturated carbocycles. The molecule has 1 fully saturated rings. The lowest BCUT2D eigenvalue weighted by Crippen LogP contribution is -2.29. The predicted molar refractivity (Wildman–Crippen MR) is 110 cm³/mol. The fraction of sp³-hybridized carbons (Fsp3) is 0.158. The van der Waals surface area contributed by atoms with Crippen LogP contribution in [0.25, 0.3) is 6.08 Å². The minimum absolute atomic E-state index is 0.0381. The number of hydrogen-bond acceptors (Lipinski definition) is 3. The van der Waals surface area contributed by atoms with Crippen LogP contribution in [0.3, 0.4) is 0 Å². The number of nitrogens with zero attached hydrogens (tertiary/aromatic N) is 2. The summed E-state index contributed by atoms with van der Waals surface area (Å²) in [6, 6.07) is 17.8. The lowest BCUT2D eigenvalue weighted by molar-refractivity contribution is -0.122. The highest BCUT2D eigenvalue weighted by Gasteiger charge is 2.32. The van der Waals surface area contributed by atoms with E-state index in [1.54, 1.807) is 4.90 Å². The van der Waals surface area contributed by atoms with Gasteiger partial charge in [-0.1, -0.05) is 43.3 Å². The molecule has 2 aromatic rings. The zero-order valence-electron chi connectivity index (χ0n) is 13.3. The molecule has 0 spiro atoms. The summed E-state index contributed by atoms with van der Waals surface area (Å²) >= 11 is 3.74. The van der Waals surface area contributed by atoms with Gasteiger partial charge in [0, 0.05) is 10.1 Å². The molecule has 0 bridgehead atoms. The first-order valence-electron chi connectivity index (χ1n) is 7.78. The van der Waals surface area contributed by atoms with E-state index in [1.807, 2.05) is 60.7 Å². The maximum Gasteiger partial charge on any atom is 0.266 e. The SMILES string of the molecule is CCCN1C(=O)/C(=C/c2ccccc2I)SC1=Nc1ccccc1. The van der Waals surface area contributed by atoms with Crippen LogP contribution in [0.15, 0.2) is 64.5 Å². The lowest BCUT2D eigenvalue weighted by Gasteiger charge is -2.13. The van der Waals surface area contributed by atoms with Gasteiger partial charge >= 0.3 is 0 Å². The van der Waals surface area contributed by atoms with Crippen molar-refractivity contribution in [3.05, 3.63) is 68.6 Å². The maximum absolute atomic E-state index is 12.8. The highest BCUT2D eigenvalue weighted by molar-refractivity contribution is 14.1. The van der Waals surface area contributed by atoms with Crippen LogP contribution in [0.4, 0.5) is 5.69 Å². The van der Waals surface area contributed by atoms with E-state index in [-0.39, 0.29) is 5.91 Å². The Morgan fingerprint density at radius 2 is 1.83 bits per heavy atom. The predicted octanol–water partition coefficient (Wildman–Crippen LogP) is 5.31. The third-order valence-electron chi connectivity index (χ3n) is 3.51. The zero-order chi connectivity index (χ0) is 16.9. The number of amides is 1. The van der Waals surface area contributed by atoms with Gasteiger partial charge in [-0.3, -0.25) is 9.69 Å². The van der Waals surface area contributed by atoms with Crippen molar-refractivity contribution >= 4 is 57.2 Å². The Morgan fingerprint density at radius 1 is 1.12 bits per heavy atom. The molecule has 1 amide bonds. The summed E-state index contributed by atoms with van der Waals surface area (Å²) in [7, 11) is 0. The second-order valence-electron chi connectivity index (χ2n) is 5.32. The highest BCUT2D eigenvalue weighted by Crippen LogP contribution is 2.34. The molecule has 3 rings (SSSR count). The molecule has 24 heavy (non-hydrogen) atoms. The molecule has 5 heteroatoms. The normalized spacial score (nSPS) is 17.9. The Labute approximate surface area is 160 Å². The van der Waals surface area contributed by atoms with Crippen molar-refractivity contribution in [2.24, 2.45) is 4.99 Å². The minimum Gasteiger partial charge on any atom is -0.286 e. The van der Waals surface area contributed by atoms with Crippen LogP contribution in [-0.2, 0) is 4.79 Å².